The van der Waals surface area contributed by atoms with Gasteiger partial charge < -0.3 is 10.0 Å². The number of carbonyl (C=O) groups excluding carboxylic acids is 1. The van der Waals surface area contributed by atoms with Crippen LogP contribution in [-0.2, 0) is 0 Å². The lowest BCUT2D eigenvalue weighted by Crippen LogP contribution is -2.53. The number of aliphatic hydroxyl groups excluding tert-OH is 1. The molecule has 0 aliphatic carbocycles. The fraction of sp³-hybridized carbons (Fsp3) is 0.333. The Morgan fingerprint density at radius 2 is 2.38 bits per heavy atom. The molecule has 68 valence electrons. The van der Waals surface area contributed by atoms with Crippen LogP contribution in [0.1, 0.15) is 10.4 Å². The maximum Gasteiger partial charge on any atom is 0.255 e. The van der Waals surface area contributed by atoms with Gasteiger partial charge in [-0.3, -0.25) is 9.78 Å². The Labute approximate surface area is 75.8 Å². The molecule has 1 aromatic rings. The van der Waals surface area contributed by atoms with E-state index in [1.165, 1.54) is 6.20 Å². The molecule has 1 saturated heterocycles. The minimum atomic E-state index is -0.347. The minimum Gasteiger partial charge on any atom is -0.389 e. The number of aromatic nitrogens is 1. The van der Waals surface area contributed by atoms with Crippen LogP contribution in [0.5, 0.6) is 0 Å². The lowest BCUT2D eigenvalue weighted by atomic mass is 10.1. The molecular formula is C9H10N2O2. The van der Waals surface area contributed by atoms with Crippen LogP contribution in [-0.4, -0.2) is 40.1 Å². The van der Waals surface area contributed by atoms with Gasteiger partial charge in [0.15, 0.2) is 0 Å². The number of rotatable bonds is 1. The highest BCUT2D eigenvalue weighted by Gasteiger charge is 2.29. The second-order valence-corrected chi connectivity index (χ2v) is 3.11. The topological polar surface area (TPSA) is 53.4 Å². The van der Waals surface area contributed by atoms with Gasteiger partial charge in [0.1, 0.15) is 0 Å². The van der Waals surface area contributed by atoms with Crippen molar-refractivity contribution >= 4 is 5.91 Å². The van der Waals surface area contributed by atoms with E-state index in [1.54, 1.807) is 23.2 Å². The fourth-order valence-electron chi connectivity index (χ4n) is 1.29. The van der Waals surface area contributed by atoms with Crippen molar-refractivity contribution < 1.29 is 9.90 Å². The summed E-state index contributed by atoms with van der Waals surface area (Å²) in [4.78, 5) is 17.0. The number of hydrogen-bond acceptors (Lipinski definition) is 3. The Kier molecular flexibility index (Phi) is 1.98. The number of aliphatic hydroxyl groups is 1. The lowest BCUT2D eigenvalue weighted by Gasteiger charge is -2.35. The van der Waals surface area contributed by atoms with Gasteiger partial charge in [-0.25, -0.2) is 0 Å². The van der Waals surface area contributed by atoms with Crippen LogP contribution >= 0.6 is 0 Å². The maximum absolute atomic E-state index is 11.5. The summed E-state index contributed by atoms with van der Waals surface area (Å²) >= 11 is 0. The van der Waals surface area contributed by atoms with Gasteiger partial charge in [0.2, 0.25) is 0 Å². The minimum absolute atomic E-state index is 0.0570. The number of hydrogen-bond donors (Lipinski definition) is 1. The zero-order valence-electron chi connectivity index (χ0n) is 7.05. The molecule has 4 nitrogen and oxygen atoms in total. The van der Waals surface area contributed by atoms with Gasteiger partial charge in [0, 0.05) is 25.5 Å². The van der Waals surface area contributed by atoms with E-state index in [2.05, 4.69) is 4.98 Å². The molecular weight excluding hydrogens is 168 g/mol. The predicted molar refractivity (Wildman–Crippen MR) is 46.1 cm³/mol. The van der Waals surface area contributed by atoms with E-state index < -0.39 is 0 Å². The average molecular weight is 178 g/mol. The van der Waals surface area contributed by atoms with E-state index in [-0.39, 0.29) is 12.0 Å². The number of amides is 1. The standard InChI is InChI=1S/C9H10N2O2/c12-8-5-11(6-8)9(13)7-2-1-3-10-4-7/h1-4,8,12H,5-6H2. The summed E-state index contributed by atoms with van der Waals surface area (Å²) in [5, 5.41) is 9.00. The molecule has 0 spiro atoms. The molecule has 0 aromatic carbocycles. The molecule has 0 unspecified atom stereocenters. The van der Waals surface area contributed by atoms with Crippen LogP contribution in [0, 0.1) is 0 Å². The molecule has 13 heavy (non-hydrogen) atoms. The molecule has 1 amide bonds. The van der Waals surface area contributed by atoms with Gasteiger partial charge in [-0.05, 0) is 12.1 Å². The fourth-order valence-corrected chi connectivity index (χ4v) is 1.29. The molecule has 1 N–H and O–H groups in total. The molecule has 1 aliphatic rings. The molecule has 1 fully saturated rings. The maximum atomic E-state index is 11.5. The zero-order valence-corrected chi connectivity index (χ0v) is 7.05. The third-order valence-electron chi connectivity index (χ3n) is 2.06. The first-order valence-electron chi connectivity index (χ1n) is 4.15. The Morgan fingerprint density at radius 1 is 1.62 bits per heavy atom. The van der Waals surface area contributed by atoms with Crippen molar-refractivity contribution in [3.8, 4) is 0 Å². The van der Waals surface area contributed by atoms with Gasteiger partial charge in [-0.2, -0.15) is 0 Å². The van der Waals surface area contributed by atoms with Crippen LogP contribution in [0.2, 0.25) is 0 Å². The highest BCUT2D eigenvalue weighted by molar-refractivity contribution is 5.94. The Bertz CT molecular complexity index is 307. The second kappa shape index (κ2) is 3.14. The first-order chi connectivity index (χ1) is 6.27. The molecule has 1 aliphatic heterocycles. The summed E-state index contributed by atoms with van der Waals surface area (Å²) < 4.78 is 0. The Morgan fingerprint density at radius 3 is 2.92 bits per heavy atom. The molecule has 0 radical (unpaired) electrons. The van der Waals surface area contributed by atoms with Gasteiger partial charge in [-0.15, -0.1) is 0 Å². The van der Waals surface area contributed by atoms with Crippen LogP contribution in [0.15, 0.2) is 24.5 Å². The first-order valence-corrected chi connectivity index (χ1v) is 4.15. The van der Waals surface area contributed by atoms with Crippen molar-refractivity contribution in [2.24, 2.45) is 0 Å². The molecule has 0 saturated carbocycles. The van der Waals surface area contributed by atoms with Crippen molar-refractivity contribution in [3.63, 3.8) is 0 Å². The number of β-amino-alcohol motifs (C(OH)–C–C–N with tert-alkyl or cyclic N) is 1. The predicted octanol–water partition coefficient (Wildman–Crippen LogP) is -0.102. The lowest BCUT2D eigenvalue weighted by molar-refractivity contribution is 0.00586. The van der Waals surface area contributed by atoms with Crippen LogP contribution in [0.4, 0.5) is 0 Å². The van der Waals surface area contributed by atoms with Gasteiger partial charge >= 0.3 is 0 Å². The quantitative estimate of drug-likeness (QED) is 0.653. The Hall–Kier alpha value is -1.42. The second-order valence-electron chi connectivity index (χ2n) is 3.11. The summed E-state index contributed by atoms with van der Waals surface area (Å²) in [7, 11) is 0. The van der Waals surface area contributed by atoms with Gasteiger partial charge in [-0.1, -0.05) is 0 Å². The Balaban J connectivity index is 2.06. The highest BCUT2D eigenvalue weighted by atomic mass is 16.3. The number of pyridine rings is 1. The van der Waals surface area contributed by atoms with Crippen molar-refractivity contribution in [3.05, 3.63) is 30.1 Å². The van der Waals surface area contributed by atoms with Crippen molar-refractivity contribution in [2.75, 3.05) is 13.1 Å². The van der Waals surface area contributed by atoms with E-state index in [9.17, 15) is 4.79 Å². The molecule has 4 heteroatoms. The molecule has 2 rings (SSSR count). The first kappa shape index (κ1) is 8.19. The van der Waals surface area contributed by atoms with E-state index in [4.69, 9.17) is 5.11 Å². The number of likely N-dealkylation sites (tertiary alicyclic amines) is 1. The monoisotopic (exact) mass is 178 g/mol. The SMILES string of the molecule is O=C(c1cccnc1)N1CC(O)C1. The molecule has 0 bridgehead atoms. The summed E-state index contributed by atoms with van der Waals surface area (Å²) in [5.74, 6) is -0.0570. The highest BCUT2D eigenvalue weighted by Crippen LogP contribution is 2.11. The van der Waals surface area contributed by atoms with Gasteiger partial charge in [0.05, 0.1) is 11.7 Å². The van der Waals surface area contributed by atoms with Gasteiger partial charge in [0.25, 0.3) is 5.91 Å². The van der Waals surface area contributed by atoms with Crippen molar-refractivity contribution in [1.82, 2.24) is 9.88 Å². The normalized spacial score (nSPS) is 16.8. The number of carbonyl (C=O) groups is 1. The third-order valence-corrected chi connectivity index (χ3v) is 2.06. The summed E-state index contributed by atoms with van der Waals surface area (Å²) in [5.41, 5.74) is 0.578. The van der Waals surface area contributed by atoms with E-state index in [0.29, 0.717) is 18.7 Å². The van der Waals surface area contributed by atoms with E-state index >= 15 is 0 Å². The number of nitrogens with zero attached hydrogens (tertiary/aromatic N) is 2. The van der Waals surface area contributed by atoms with E-state index in [1.807, 2.05) is 0 Å². The molecule has 0 atom stereocenters. The third kappa shape index (κ3) is 1.53. The summed E-state index contributed by atoms with van der Waals surface area (Å²) in [6.07, 6.45) is 2.81. The average Bonchev–Trinajstić information content (AvgIpc) is 2.13. The molecule has 1 aromatic heterocycles. The van der Waals surface area contributed by atoms with Crippen LogP contribution in [0.25, 0.3) is 0 Å². The van der Waals surface area contributed by atoms with Crippen LogP contribution in [0.3, 0.4) is 0 Å². The summed E-state index contributed by atoms with van der Waals surface area (Å²) in [6, 6.07) is 3.45. The van der Waals surface area contributed by atoms with Crippen molar-refractivity contribution in [1.29, 1.82) is 0 Å². The van der Waals surface area contributed by atoms with Crippen molar-refractivity contribution in [2.45, 2.75) is 6.10 Å². The summed E-state index contributed by atoms with van der Waals surface area (Å²) in [6.45, 7) is 0.876. The van der Waals surface area contributed by atoms with E-state index in [0.717, 1.165) is 0 Å². The molecule has 2 heterocycles. The smallest absolute Gasteiger partial charge is 0.255 e. The zero-order chi connectivity index (χ0) is 9.26. The van der Waals surface area contributed by atoms with Crippen LogP contribution < -0.4 is 0 Å². The largest absolute Gasteiger partial charge is 0.389 e.